The van der Waals surface area contributed by atoms with Crippen LogP contribution in [-0.4, -0.2) is 24.0 Å². The quantitative estimate of drug-likeness (QED) is 0.557. The maximum absolute atomic E-state index is 14.2. The molecule has 0 saturated heterocycles. The maximum atomic E-state index is 14.2. The number of hydrogen-bond donors (Lipinski definition) is 0. The SMILES string of the molecule is C=C/C=C\C(=C(/C)F)n1nc(C(C)=O)c2c1C(C=C)=C(C=C)S(=O)(=O)C2. The smallest absolute Gasteiger partial charge is 0.183 e. The molecule has 1 aliphatic rings. The van der Waals surface area contributed by atoms with Crippen LogP contribution in [0.2, 0.25) is 0 Å². The van der Waals surface area contributed by atoms with Gasteiger partial charge >= 0.3 is 0 Å². The van der Waals surface area contributed by atoms with Gasteiger partial charge in [-0.15, -0.1) is 0 Å². The number of sulfone groups is 1. The Morgan fingerprint density at radius 2 is 1.88 bits per heavy atom. The van der Waals surface area contributed by atoms with Gasteiger partial charge in [-0.05, 0) is 13.0 Å². The minimum Gasteiger partial charge on any atom is -0.293 e. The Morgan fingerprint density at radius 3 is 2.35 bits per heavy atom. The molecule has 0 aromatic carbocycles. The molecule has 0 saturated carbocycles. The molecule has 0 unspecified atom stereocenters. The zero-order chi connectivity index (χ0) is 19.6. The van der Waals surface area contributed by atoms with Crippen LogP contribution >= 0.6 is 0 Å². The van der Waals surface area contributed by atoms with E-state index >= 15 is 0 Å². The summed E-state index contributed by atoms with van der Waals surface area (Å²) in [5, 5.41) is 4.20. The third kappa shape index (κ3) is 3.17. The summed E-state index contributed by atoms with van der Waals surface area (Å²) in [4.78, 5) is 12.0. The van der Waals surface area contributed by atoms with Gasteiger partial charge in [0.25, 0.3) is 0 Å². The number of Topliss-reactive ketones (excluding diaryl/α,β-unsaturated/α-hetero) is 1. The molecule has 7 heteroatoms. The van der Waals surface area contributed by atoms with Crippen molar-refractivity contribution < 1.29 is 17.6 Å². The molecule has 0 spiro atoms. The second-order valence-electron chi connectivity index (χ2n) is 5.60. The van der Waals surface area contributed by atoms with Crippen molar-refractivity contribution in [2.24, 2.45) is 0 Å². The van der Waals surface area contributed by atoms with Crippen LogP contribution in [-0.2, 0) is 15.6 Å². The normalized spacial score (nSPS) is 16.9. The number of aromatic nitrogens is 2. The Hall–Kier alpha value is -2.80. The molecule has 0 aliphatic carbocycles. The average Bonchev–Trinajstić information content (AvgIpc) is 2.91. The molecule has 0 amide bonds. The molecule has 136 valence electrons. The van der Waals surface area contributed by atoms with Gasteiger partial charge < -0.3 is 0 Å². The topological polar surface area (TPSA) is 69.0 Å². The summed E-state index contributed by atoms with van der Waals surface area (Å²) < 4.78 is 40.6. The second-order valence-corrected chi connectivity index (χ2v) is 7.56. The van der Waals surface area contributed by atoms with E-state index in [9.17, 15) is 17.6 Å². The minimum absolute atomic E-state index is 0.0169. The van der Waals surface area contributed by atoms with Crippen LogP contribution < -0.4 is 0 Å². The molecule has 0 N–H and O–H groups in total. The van der Waals surface area contributed by atoms with Crippen molar-refractivity contribution in [2.45, 2.75) is 19.6 Å². The zero-order valence-electron chi connectivity index (χ0n) is 14.6. The fraction of sp³-hybridized carbons (Fsp3) is 0.158. The van der Waals surface area contributed by atoms with Crippen molar-refractivity contribution in [3.05, 3.63) is 77.8 Å². The summed E-state index contributed by atoms with van der Waals surface area (Å²) in [6.45, 7) is 13.3. The van der Waals surface area contributed by atoms with Crippen LogP contribution in [0.5, 0.6) is 0 Å². The number of rotatable bonds is 6. The molecule has 1 aromatic rings. The average molecular weight is 374 g/mol. The fourth-order valence-corrected chi connectivity index (χ4v) is 4.38. The zero-order valence-corrected chi connectivity index (χ0v) is 15.4. The number of carbonyl (C=O) groups is 1. The monoisotopic (exact) mass is 374 g/mol. The summed E-state index contributed by atoms with van der Waals surface area (Å²) in [5.41, 5.74) is 0.818. The Balaban J connectivity index is 3.02. The minimum atomic E-state index is -3.71. The van der Waals surface area contributed by atoms with E-state index in [-0.39, 0.29) is 27.4 Å². The van der Waals surface area contributed by atoms with E-state index in [4.69, 9.17) is 0 Å². The van der Waals surface area contributed by atoms with Gasteiger partial charge in [0.2, 0.25) is 0 Å². The standard InChI is InChI=1S/C19H19FN2O3S/c1-6-9-10-16(12(4)20)22-19-14(7-2)17(8-3)26(24,25)11-15(19)18(21-22)13(5)23/h6-10H,1-3,11H2,4-5H3/b10-9-,16-12-. The van der Waals surface area contributed by atoms with Gasteiger partial charge in [-0.3, -0.25) is 4.79 Å². The molecule has 26 heavy (non-hydrogen) atoms. The molecular weight excluding hydrogens is 355 g/mol. The van der Waals surface area contributed by atoms with Crippen molar-refractivity contribution >= 4 is 26.9 Å². The van der Waals surface area contributed by atoms with Crippen LogP contribution in [0.4, 0.5) is 4.39 Å². The Bertz CT molecular complexity index is 1020. The van der Waals surface area contributed by atoms with Crippen molar-refractivity contribution in [3.63, 3.8) is 0 Å². The Labute approximate surface area is 152 Å². The number of ketones is 1. The number of halogens is 1. The fourth-order valence-electron chi connectivity index (χ4n) is 2.80. The van der Waals surface area contributed by atoms with E-state index in [1.807, 2.05) is 0 Å². The van der Waals surface area contributed by atoms with Gasteiger partial charge in [0.05, 0.1) is 22.0 Å². The lowest BCUT2D eigenvalue weighted by Gasteiger charge is -2.19. The molecular formula is C19H19FN2O3S. The first-order valence-corrected chi connectivity index (χ1v) is 9.35. The van der Waals surface area contributed by atoms with Crippen LogP contribution in [0.25, 0.3) is 11.3 Å². The third-order valence-corrected chi connectivity index (χ3v) is 5.59. The summed E-state index contributed by atoms with van der Waals surface area (Å²) in [5.74, 6) is -1.38. The lowest BCUT2D eigenvalue weighted by molar-refractivity contribution is 0.101. The first-order chi connectivity index (χ1) is 12.2. The van der Waals surface area contributed by atoms with E-state index < -0.39 is 27.2 Å². The van der Waals surface area contributed by atoms with Crippen molar-refractivity contribution in [1.82, 2.24) is 9.78 Å². The lowest BCUT2D eigenvalue weighted by Crippen LogP contribution is -2.17. The third-order valence-electron chi connectivity index (χ3n) is 3.87. The highest BCUT2D eigenvalue weighted by atomic mass is 32.2. The number of nitrogens with zero attached hydrogens (tertiary/aromatic N) is 2. The Kier molecular flexibility index (Phi) is 5.41. The second kappa shape index (κ2) is 7.21. The molecule has 0 bridgehead atoms. The van der Waals surface area contributed by atoms with Crippen LogP contribution in [0, 0.1) is 0 Å². The van der Waals surface area contributed by atoms with E-state index in [2.05, 4.69) is 24.8 Å². The van der Waals surface area contributed by atoms with Gasteiger partial charge in [-0.2, -0.15) is 5.10 Å². The number of fused-ring (bicyclic) bond motifs is 1. The van der Waals surface area contributed by atoms with E-state index in [0.29, 0.717) is 5.69 Å². The van der Waals surface area contributed by atoms with Gasteiger partial charge in [-0.1, -0.05) is 44.0 Å². The van der Waals surface area contributed by atoms with Gasteiger partial charge in [0, 0.05) is 18.1 Å². The van der Waals surface area contributed by atoms with E-state index in [0.717, 1.165) is 0 Å². The van der Waals surface area contributed by atoms with Crippen molar-refractivity contribution in [3.8, 4) is 0 Å². The van der Waals surface area contributed by atoms with Gasteiger partial charge in [0.15, 0.2) is 15.6 Å². The van der Waals surface area contributed by atoms with Crippen LogP contribution in [0.3, 0.4) is 0 Å². The molecule has 0 atom stereocenters. The van der Waals surface area contributed by atoms with Crippen molar-refractivity contribution in [2.75, 3.05) is 0 Å². The summed E-state index contributed by atoms with van der Waals surface area (Å²) in [7, 11) is -3.71. The predicted molar refractivity (Wildman–Crippen MR) is 102 cm³/mol. The first-order valence-electron chi connectivity index (χ1n) is 7.70. The number of hydrogen-bond acceptors (Lipinski definition) is 4. The largest absolute Gasteiger partial charge is 0.293 e. The van der Waals surface area contributed by atoms with Gasteiger partial charge in [0.1, 0.15) is 11.5 Å². The summed E-state index contributed by atoms with van der Waals surface area (Å²) in [6.07, 6.45) is 6.99. The molecule has 5 nitrogen and oxygen atoms in total. The van der Waals surface area contributed by atoms with Gasteiger partial charge in [-0.25, -0.2) is 17.5 Å². The highest BCUT2D eigenvalue weighted by molar-refractivity contribution is 7.95. The summed E-state index contributed by atoms with van der Waals surface area (Å²) >= 11 is 0. The highest BCUT2D eigenvalue weighted by Crippen LogP contribution is 2.38. The summed E-state index contributed by atoms with van der Waals surface area (Å²) in [6, 6.07) is 0. The molecule has 2 rings (SSSR count). The first kappa shape index (κ1) is 19.5. The van der Waals surface area contributed by atoms with E-state index in [1.165, 1.54) is 48.9 Å². The predicted octanol–water partition coefficient (Wildman–Crippen LogP) is 4.00. The van der Waals surface area contributed by atoms with Crippen molar-refractivity contribution in [1.29, 1.82) is 0 Å². The highest BCUT2D eigenvalue weighted by Gasteiger charge is 2.35. The molecule has 1 aliphatic heterocycles. The lowest BCUT2D eigenvalue weighted by atomic mass is 10.0. The van der Waals surface area contributed by atoms with E-state index in [1.54, 1.807) is 0 Å². The molecule has 2 heterocycles. The Morgan fingerprint density at radius 1 is 1.23 bits per heavy atom. The number of allylic oxidation sites excluding steroid dienone is 8. The van der Waals surface area contributed by atoms with Crippen LogP contribution in [0.15, 0.2) is 60.8 Å². The van der Waals surface area contributed by atoms with Crippen LogP contribution in [0.1, 0.15) is 35.6 Å². The molecule has 0 fully saturated rings. The number of carbonyl (C=O) groups excluding carboxylic acids is 1. The molecule has 1 aromatic heterocycles. The maximum Gasteiger partial charge on any atom is 0.183 e. The molecule has 0 radical (unpaired) electrons.